The smallest absolute Gasteiger partial charge is 0.319 e. The van der Waals surface area contributed by atoms with Crippen LogP contribution in [0.4, 0.5) is 8.78 Å². The second-order valence-electron chi connectivity index (χ2n) is 7.14. The summed E-state index contributed by atoms with van der Waals surface area (Å²) in [5, 5.41) is 2.91. The lowest BCUT2D eigenvalue weighted by Crippen LogP contribution is -2.48. The normalized spacial score (nSPS) is 27.7. The Hall–Kier alpha value is -1.47. The SMILES string of the molecule is Cc1ccc(C(=O)N[C@H]2C[C@H]3CO[C@H](C(C)C)CN3C2)n1C(F)F. The molecule has 2 saturated heterocycles. The van der Waals surface area contributed by atoms with Crippen LogP contribution in [0.1, 0.15) is 43.0 Å². The van der Waals surface area contributed by atoms with E-state index in [2.05, 4.69) is 24.1 Å². The highest BCUT2D eigenvalue weighted by Crippen LogP contribution is 2.26. The molecule has 0 aromatic carbocycles. The maximum Gasteiger partial charge on any atom is 0.319 e. The number of aromatic nitrogens is 1. The lowest BCUT2D eigenvalue weighted by Gasteiger charge is -2.36. The Morgan fingerprint density at radius 2 is 2.08 bits per heavy atom. The number of morpholine rings is 1. The third-order valence-corrected chi connectivity index (χ3v) is 5.07. The van der Waals surface area contributed by atoms with Gasteiger partial charge in [0.15, 0.2) is 0 Å². The summed E-state index contributed by atoms with van der Waals surface area (Å²) in [5.74, 6) is 0.0199. The van der Waals surface area contributed by atoms with E-state index in [1.165, 1.54) is 6.07 Å². The Morgan fingerprint density at radius 1 is 1.33 bits per heavy atom. The van der Waals surface area contributed by atoms with E-state index < -0.39 is 12.5 Å². The monoisotopic (exact) mass is 341 g/mol. The summed E-state index contributed by atoms with van der Waals surface area (Å²) >= 11 is 0. The zero-order chi connectivity index (χ0) is 17.4. The quantitative estimate of drug-likeness (QED) is 0.915. The molecule has 1 N–H and O–H groups in total. The molecule has 5 nitrogen and oxygen atoms in total. The highest BCUT2D eigenvalue weighted by atomic mass is 19.3. The molecule has 0 radical (unpaired) electrons. The molecule has 3 heterocycles. The standard InChI is InChI=1S/C17H25F2N3O2/c1-10(2)15-8-21-7-12(6-13(21)9-24-15)20-16(23)14-5-4-11(3)22(14)17(18)19/h4-5,10,12-13,15,17H,6-9H2,1-3H3,(H,20,23)/t12-,13-,15-/m0/s1. The first-order valence-electron chi connectivity index (χ1n) is 8.49. The number of alkyl halides is 2. The third kappa shape index (κ3) is 3.32. The van der Waals surface area contributed by atoms with Gasteiger partial charge in [-0.2, -0.15) is 8.78 Å². The molecule has 2 aliphatic rings. The number of fused-ring (bicyclic) bond motifs is 1. The number of carbonyl (C=O) groups is 1. The van der Waals surface area contributed by atoms with Crippen molar-refractivity contribution in [2.45, 2.75) is 51.9 Å². The fourth-order valence-corrected chi connectivity index (χ4v) is 3.66. The van der Waals surface area contributed by atoms with Gasteiger partial charge in [0.05, 0.1) is 12.7 Å². The summed E-state index contributed by atoms with van der Waals surface area (Å²) in [5.41, 5.74) is 0.399. The summed E-state index contributed by atoms with van der Waals surface area (Å²) in [6, 6.07) is 3.27. The Balaban J connectivity index is 1.63. The number of hydrogen-bond donors (Lipinski definition) is 1. The van der Waals surface area contributed by atoms with Crippen molar-refractivity contribution in [3.63, 3.8) is 0 Å². The van der Waals surface area contributed by atoms with Gasteiger partial charge in [-0.1, -0.05) is 13.8 Å². The van der Waals surface area contributed by atoms with Crippen molar-refractivity contribution >= 4 is 5.91 Å². The maximum atomic E-state index is 13.1. The summed E-state index contributed by atoms with van der Waals surface area (Å²) in [7, 11) is 0. The first kappa shape index (κ1) is 17.4. The summed E-state index contributed by atoms with van der Waals surface area (Å²) in [6.07, 6.45) is 1.01. The molecule has 134 valence electrons. The number of aryl methyl sites for hydroxylation is 1. The minimum atomic E-state index is -2.71. The van der Waals surface area contributed by atoms with Crippen LogP contribution in [0.25, 0.3) is 0 Å². The first-order valence-corrected chi connectivity index (χ1v) is 8.49. The predicted molar refractivity (Wildman–Crippen MR) is 86.2 cm³/mol. The van der Waals surface area contributed by atoms with E-state index in [4.69, 9.17) is 4.74 Å². The Labute approximate surface area is 140 Å². The van der Waals surface area contributed by atoms with Crippen molar-refractivity contribution in [2.24, 2.45) is 5.92 Å². The Kier molecular flexibility index (Phi) is 4.92. The molecule has 1 aromatic rings. The molecule has 0 bridgehead atoms. The van der Waals surface area contributed by atoms with E-state index in [-0.39, 0.29) is 17.8 Å². The van der Waals surface area contributed by atoms with Crippen LogP contribution < -0.4 is 5.32 Å². The molecule has 3 atom stereocenters. The van der Waals surface area contributed by atoms with Crippen LogP contribution in [0, 0.1) is 12.8 Å². The van der Waals surface area contributed by atoms with Gasteiger partial charge in [-0.05, 0) is 31.4 Å². The van der Waals surface area contributed by atoms with E-state index in [0.717, 1.165) is 24.1 Å². The highest BCUT2D eigenvalue weighted by Gasteiger charge is 2.38. The van der Waals surface area contributed by atoms with Gasteiger partial charge in [-0.25, -0.2) is 0 Å². The van der Waals surface area contributed by atoms with E-state index in [0.29, 0.717) is 24.3 Å². The van der Waals surface area contributed by atoms with Crippen molar-refractivity contribution in [3.05, 3.63) is 23.5 Å². The van der Waals surface area contributed by atoms with Gasteiger partial charge in [-0.3, -0.25) is 14.3 Å². The molecular formula is C17H25F2N3O2. The van der Waals surface area contributed by atoms with Crippen LogP contribution in [0.5, 0.6) is 0 Å². The number of hydrogen-bond acceptors (Lipinski definition) is 3. The number of nitrogens with one attached hydrogen (secondary N) is 1. The average Bonchev–Trinajstić information content (AvgIpc) is 3.08. The number of rotatable bonds is 4. The van der Waals surface area contributed by atoms with Crippen LogP contribution in [-0.4, -0.2) is 53.3 Å². The predicted octanol–water partition coefficient (Wildman–Crippen LogP) is 2.42. The van der Waals surface area contributed by atoms with Crippen molar-refractivity contribution < 1.29 is 18.3 Å². The van der Waals surface area contributed by atoms with Crippen molar-refractivity contribution in [2.75, 3.05) is 19.7 Å². The fraction of sp³-hybridized carbons (Fsp3) is 0.706. The zero-order valence-electron chi connectivity index (χ0n) is 14.3. The van der Waals surface area contributed by atoms with E-state index >= 15 is 0 Å². The molecule has 0 saturated carbocycles. The van der Waals surface area contributed by atoms with Gasteiger partial charge in [0.2, 0.25) is 0 Å². The highest BCUT2D eigenvalue weighted by molar-refractivity contribution is 5.93. The summed E-state index contributed by atoms with van der Waals surface area (Å²) < 4.78 is 32.9. The Morgan fingerprint density at radius 3 is 2.75 bits per heavy atom. The van der Waals surface area contributed by atoms with Crippen molar-refractivity contribution in [1.82, 2.24) is 14.8 Å². The molecule has 1 aromatic heterocycles. The van der Waals surface area contributed by atoms with Crippen LogP contribution in [0.15, 0.2) is 12.1 Å². The number of halogens is 2. The maximum absolute atomic E-state index is 13.1. The molecule has 1 amide bonds. The molecule has 3 rings (SSSR count). The van der Waals surface area contributed by atoms with Crippen LogP contribution in [0.2, 0.25) is 0 Å². The van der Waals surface area contributed by atoms with Gasteiger partial charge >= 0.3 is 6.55 Å². The van der Waals surface area contributed by atoms with Gasteiger partial charge in [0, 0.05) is 30.9 Å². The van der Waals surface area contributed by atoms with Gasteiger partial charge in [0.1, 0.15) is 5.69 Å². The largest absolute Gasteiger partial charge is 0.375 e. The van der Waals surface area contributed by atoms with E-state index in [1.807, 2.05) is 0 Å². The van der Waals surface area contributed by atoms with Gasteiger partial charge in [0.25, 0.3) is 5.91 Å². The molecule has 0 spiro atoms. The second kappa shape index (κ2) is 6.80. The molecule has 2 fully saturated rings. The van der Waals surface area contributed by atoms with Gasteiger partial charge in [-0.15, -0.1) is 0 Å². The minimum absolute atomic E-state index is 0.0173. The molecule has 2 aliphatic heterocycles. The lowest BCUT2D eigenvalue weighted by atomic mass is 10.0. The molecule has 0 aliphatic carbocycles. The number of amides is 1. The zero-order valence-corrected chi connectivity index (χ0v) is 14.3. The number of nitrogens with zero attached hydrogens (tertiary/aromatic N) is 2. The topological polar surface area (TPSA) is 46.5 Å². The molecule has 0 unspecified atom stereocenters. The second-order valence-corrected chi connectivity index (χ2v) is 7.14. The third-order valence-electron chi connectivity index (χ3n) is 5.07. The summed E-state index contributed by atoms with van der Waals surface area (Å²) in [6.45, 7) is 5.42. The van der Waals surface area contributed by atoms with Crippen LogP contribution >= 0.6 is 0 Å². The van der Waals surface area contributed by atoms with Crippen molar-refractivity contribution in [3.8, 4) is 0 Å². The van der Waals surface area contributed by atoms with Crippen molar-refractivity contribution in [1.29, 1.82) is 0 Å². The van der Waals surface area contributed by atoms with Gasteiger partial charge < -0.3 is 10.1 Å². The molecule has 7 heteroatoms. The first-order chi connectivity index (χ1) is 11.4. The summed E-state index contributed by atoms with van der Waals surface area (Å²) in [4.78, 5) is 14.7. The van der Waals surface area contributed by atoms with E-state index in [1.54, 1.807) is 13.0 Å². The average molecular weight is 341 g/mol. The van der Waals surface area contributed by atoms with Crippen LogP contribution in [0.3, 0.4) is 0 Å². The molecular weight excluding hydrogens is 316 g/mol. The Bertz CT molecular complexity index is 603. The molecule has 24 heavy (non-hydrogen) atoms. The van der Waals surface area contributed by atoms with Crippen LogP contribution in [-0.2, 0) is 4.74 Å². The fourth-order valence-electron chi connectivity index (χ4n) is 3.66. The lowest BCUT2D eigenvalue weighted by molar-refractivity contribution is -0.0683. The minimum Gasteiger partial charge on any atom is -0.375 e. The van der Waals surface area contributed by atoms with E-state index in [9.17, 15) is 13.6 Å². The number of ether oxygens (including phenoxy) is 1. The number of carbonyl (C=O) groups excluding carboxylic acids is 1.